The summed E-state index contributed by atoms with van der Waals surface area (Å²) in [5, 5.41) is 11.1. The van der Waals surface area contributed by atoms with Crippen molar-refractivity contribution in [3.8, 4) is 6.19 Å². The highest BCUT2D eigenvalue weighted by molar-refractivity contribution is 6.33. The summed E-state index contributed by atoms with van der Waals surface area (Å²) in [6, 6.07) is 4.50. The Morgan fingerprint density at radius 2 is 2.36 bits per heavy atom. The molecule has 5 heteroatoms. The average Bonchev–Trinajstić information content (AvgIpc) is 2.20. The molecule has 0 atom stereocenters. The molecule has 0 aliphatic carbocycles. The van der Waals surface area contributed by atoms with E-state index in [-0.39, 0.29) is 0 Å². The van der Waals surface area contributed by atoms with Gasteiger partial charge in [0, 0.05) is 0 Å². The second-order valence-electron chi connectivity index (χ2n) is 2.42. The quantitative estimate of drug-likeness (QED) is 0.461. The highest BCUT2D eigenvalue weighted by atomic mass is 35.5. The van der Waals surface area contributed by atoms with Crippen LogP contribution in [0.2, 0.25) is 5.02 Å². The molecule has 1 rings (SSSR count). The molecule has 0 aromatic heterocycles. The summed E-state index contributed by atoms with van der Waals surface area (Å²) in [7, 11) is 1.29. The van der Waals surface area contributed by atoms with Gasteiger partial charge in [-0.3, -0.25) is 5.32 Å². The Kier molecular flexibility index (Phi) is 3.32. The van der Waals surface area contributed by atoms with Crippen molar-refractivity contribution in [2.24, 2.45) is 0 Å². The van der Waals surface area contributed by atoms with Crippen LogP contribution >= 0.6 is 11.6 Å². The van der Waals surface area contributed by atoms with E-state index in [2.05, 4.69) is 10.1 Å². The van der Waals surface area contributed by atoms with Crippen molar-refractivity contribution in [1.29, 1.82) is 5.26 Å². The summed E-state index contributed by atoms with van der Waals surface area (Å²) >= 11 is 5.76. The van der Waals surface area contributed by atoms with Crippen molar-refractivity contribution in [3.63, 3.8) is 0 Å². The summed E-state index contributed by atoms with van der Waals surface area (Å²) in [4.78, 5) is 11.1. The SMILES string of the molecule is COC(=O)c1ccc(Cl)c(NC#N)c1. The van der Waals surface area contributed by atoms with Crippen LogP contribution in [-0.4, -0.2) is 13.1 Å². The number of halogens is 1. The van der Waals surface area contributed by atoms with Gasteiger partial charge >= 0.3 is 5.97 Å². The first-order valence-corrected chi connectivity index (χ1v) is 4.10. The van der Waals surface area contributed by atoms with Crippen LogP contribution in [0.4, 0.5) is 5.69 Å². The number of hydrogen-bond donors (Lipinski definition) is 1. The third-order valence-corrected chi connectivity index (χ3v) is 1.91. The van der Waals surface area contributed by atoms with Crippen molar-refractivity contribution in [2.45, 2.75) is 0 Å². The van der Waals surface area contributed by atoms with Gasteiger partial charge < -0.3 is 4.74 Å². The molecule has 0 heterocycles. The number of nitrogens with one attached hydrogen (secondary N) is 1. The third kappa shape index (κ3) is 2.15. The maximum atomic E-state index is 11.1. The van der Waals surface area contributed by atoms with Gasteiger partial charge in [0.25, 0.3) is 0 Å². The van der Waals surface area contributed by atoms with Gasteiger partial charge in [-0.2, -0.15) is 5.26 Å². The zero-order valence-corrected chi connectivity index (χ0v) is 8.13. The van der Waals surface area contributed by atoms with E-state index in [4.69, 9.17) is 16.9 Å². The molecule has 14 heavy (non-hydrogen) atoms. The number of benzene rings is 1. The van der Waals surface area contributed by atoms with Crippen molar-refractivity contribution >= 4 is 23.3 Å². The fourth-order valence-corrected chi connectivity index (χ4v) is 1.09. The van der Waals surface area contributed by atoms with Gasteiger partial charge in [0.05, 0.1) is 23.4 Å². The van der Waals surface area contributed by atoms with Gasteiger partial charge in [0.1, 0.15) is 0 Å². The fourth-order valence-electron chi connectivity index (χ4n) is 0.926. The van der Waals surface area contributed by atoms with E-state index < -0.39 is 5.97 Å². The van der Waals surface area contributed by atoms with Crippen molar-refractivity contribution in [1.82, 2.24) is 0 Å². The molecule has 0 aliphatic rings. The number of carbonyl (C=O) groups excluding carboxylic acids is 1. The molecule has 4 nitrogen and oxygen atoms in total. The molecule has 0 bridgehead atoms. The maximum Gasteiger partial charge on any atom is 0.337 e. The van der Waals surface area contributed by atoms with E-state index in [9.17, 15) is 4.79 Å². The zero-order chi connectivity index (χ0) is 10.6. The Morgan fingerprint density at radius 3 is 2.93 bits per heavy atom. The Hall–Kier alpha value is -1.73. The van der Waals surface area contributed by atoms with Crippen LogP contribution in [0, 0.1) is 11.5 Å². The van der Waals surface area contributed by atoms with Gasteiger partial charge in [0.2, 0.25) is 0 Å². The minimum atomic E-state index is -0.470. The average molecular weight is 211 g/mol. The first kappa shape index (κ1) is 10.4. The minimum Gasteiger partial charge on any atom is -0.465 e. The lowest BCUT2D eigenvalue weighted by Crippen LogP contribution is -2.02. The number of carbonyl (C=O) groups is 1. The summed E-state index contributed by atoms with van der Waals surface area (Å²) in [5.74, 6) is -0.470. The number of rotatable bonds is 2. The van der Waals surface area contributed by atoms with Crippen LogP contribution in [0.25, 0.3) is 0 Å². The fraction of sp³-hybridized carbons (Fsp3) is 0.111. The Morgan fingerprint density at radius 1 is 1.64 bits per heavy atom. The lowest BCUT2D eigenvalue weighted by molar-refractivity contribution is 0.0601. The molecule has 0 radical (unpaired) electrons. The number of hydrogen-bond acceptors (Lipinski definition) is 4. The van der Waals surface area contributed by atoms with Gasteiger partial charge in [-0.1, -0.05) is 11.6 Å². The normalized spacial score (nSPS) is 8.93. The van der Waals surface area contributed by atoms with E-state index >= 15 is 0 Å². The minimum absolute atomic E-state index is 0.342. The molecule has 0 aliphatic heterocycles. The van der Waals surface area contributed by atoms with Crippen molar-refractivity contribution in [2.75, 3.05) is 12.4 Å². The predicted octanol–water partition coefficient (Wildman–Crippen LogP) is 2.02. The van der Waals surface area contributed by atoms with Crippen LogP contribution in [0.1, 0.15) is 10.4 Å². The molecule has 0 fully saturated rings. The number of ether oxygens (including phenoxy) is 1. The van der Waals surface area contributed by atoms with Crippen LogP contribution in [0.15, 0.2) is 18.2 Å². The van der Waals surface area contributed by atoms with Gasteiger partial charge in [-0.05, 0) is 18.2 Å². The zero-order valence-electron chi connectivity index (χ0n) is 7.37. The monoisotopic (exact) mass is 210 g/mol. The highest BCUT2D eigenvalue weighted by Crippen LogP contribution is 2.22. The second kappa shape index (κ2) is 4.49. The van der Waals surface area contributed by atoms with Crippen molar-refractivity contribution < 1.29 is 9.53 Å². The Bertz CT molecular complexity index is 398. The Labute approximate surface area is 86.0 Å². The maximum absolute atomic E-state index is 11.1. The molecular weight excluding hydrogens is 204 g/mol. The number of anilines is 1. The molecule has 0 amide bonds. The van der Waals surface area contributed by atoms with E-state index in [1.165, 1.54) is 25.3 Å². The van der Waals surface area contributed by atoms with Crippen molar-refractivity contribution in [3.05, 3.63) is 28.8 Å². The molecule has 0 unspecified atom stereocenters. The predicted molar refractivity (Wildman–Crippen MR) is 52.0 cm³/mol. The van der Waals surface area contributed by atoms with Crippen LogP contribution in [0.5, 0.6) is 0 Å². The smallest absolute Gasteiger partial charge is 0.337 e. The standard InChI is InChI=1S/C9H7ClN2O2/c1-14-9(13)6-2-3-7(10)8(4-6)12-5-11/h2-4,12H,1H3. The van der Waals surface area contributed by atoms with E-state index in [0.29, 0.717) is 16.3 Å². The van der Waals surface area contributed by atoms with Gasteiger partial charge in [-0.25, -0.2) is 4.79 Å². The highest BCUT2D eigenvalue weighted by Gasteiger charge is 2.08. The molecule has 0 spiro atoms. The molecule has 1 N–H and O–H groups in total. The van der Waals surface area contributed by atoms with Gasteiger partial charge in [-0.15, -0.1) is 0 Å². The number of esters is 1. The van der Waals surface area contributed by atoms with Crippen LogP contribution in [-0.2, 0) is 4.74 Å². The lowest BCUT2D eigenvalue weighted by atomic mass is 10.2. The van der Waals surface area contributed by atoms with Crippen LogP contribution < -0.4 is 5.32 Å². The molecule has 1 aromatic carbocycles. The first-order valence-electron chi connectivity index (χ1n) is 3.72. The van der Waals surface area contributed by atoms with Crippen LogP contribution in [0.3, 0.4) is 0 Å². The largest absolute Gasteiger partial charge is 0.465 e. The van der Waals surface area contributed by atoms with E-state index in [1.807, 2.05) is 0 Å². The van der Waals surface area contributed by atoms with E-state index in [1.54, 1.807) is 6.19 Å². The summed E-state index contributed by atoms with van der Waals surface area (Å²) in [5.41, 5.74) is 0.728. The summed E-state index contributed by atoms with van der Waals surface area (Å²) in [6.07, 6.45) is 1.72. The molecule has 1 aromatic rings. The summed E-state index contributed by atoms with van der Waals surface area (Å²) < 4.78 is 4.52. The number of nitrogens with zero attached hydrogens (tertiary/aromatic N) is 1. The second-order valence-corrected chi connectivity index (χ2v) is 2.83. The molecular formula is C9H7ClN2O2. The molecule has 0 saturated heterocycles. The molecule has 0 saturated carbocycles. The summed E-state index contributed by atoms with van der Waals surface area (Å²) in [6.45, 7) is 0. The topological polar surface area (TPSA) is 62.1 Å². The van der Waals surface area contributed by atoms with Gasteiger partial charge in [0.15, 0.2) is 6.19 Å². The molecule has 72 valence electrons. The van der Waals surface area contributed by atoms with E-state index in [0.717, 1.165) is 0 Å². The number of nitriles is 1. The first-order chi connectivity index (χ1) is 6.69. The lowest BCUT2D eigenvalue weighted by Gasteiger charge is -2.03. The number of methoxy groups -OCH3 is 1. The third-order valence-electron chi connectivity index (χ3n) is 1.58. The Balaban J connectivity index is 3.07.